The lowest BCUT2D eigenvalue weighted by Gasteiger charge is -2.24. The highest BCUT2D eigenvalue weighted by Crippen LogP contribution is 2.30. The van der Waals surface area contributed by atoms with E-state index in [0.29, 0.717) is 0 Å². The van der Waals surface area contributed by atoms with Crippen molar-refractivity contribution in [3.8, 4) is 0 Å². The van der Waals surface area contributed by atoms with Crippen LogP contribution in [0.1, 0.15) is 47.2 Å². The summed E-state index contributed by atoms with van der Waals surface area (Å²) in [6, 6.07) is 13.1. The maximum Gasteiger partial charge on any atom is 0.0582 e. The fourth-order valence-electron chi connectivity index (χ4n) is 2.70. The average Bonchev–Trinajstić information content (AvgIpc) is 2.46. The maximum absolute atomic E-state index is 6.25. The molecular formula is C19H24ClN. The van der Waals surface area contributed by atoms with Crippen LogP contribution in [0.3, 0.4) is 0 Å². The van der Waals surface area contributed by atoms with Crippen LogP contribution in [0, 0.1) is 20.8 Å². The number of rotatable bonds is 5. The van der Waals surface area contributed by atoms with Gasteiger partial charge in [0.15, 0.2) is 0 Å². The van der Waals surface area contributed by atoms with Gasteiger partial charge < -0.3 is 5.32 Å². The van der Waals surface area contributed by atoms with Crippen molar-refractivity contribution in [3.63, 3.8) is 0 Å². The summed E-state index contributed by atoms with van der Waals surface area (Å²) in [6.07, 6.45) is 1.12. The first kappa shape index (κ1) is 16.1. The zero-order valence-electron chi connectivity index (χ0n) is 13.3. The molecule has 21 heavy (non-hydrogen) atoms. The molecule has 0 radical (unpaired) electrons. The topological polar surface area (TPSA) is 12.0 Å². The Balaban J connectivity index is 2.51. The van der Waals surface area contributed by atoms with Gasteiger partial charge in [-0.2, -0.15) is 0 Å². The summed E-state index contributed by atoms with van der Waals surface area (Å²) in [5.41, 5.74) is 6.35. The smallest absolute Gasteiger partial charge is 0.0582 e. The summed E-state index contributed by atoms with van der Waals surface area (Å²) >= 11 is 6.25. The lowest BCUT2D eigenvalue weighted by Crippen LogP contribution is -2.24. The molecule has 112 valence electrons. The van der Waals surface area contributed by atoms with Crippen LogP contribution in [0.2, 0.25) is 5.02 Å². The van der Waals surface area contributed by atoms with Gasteiger partial charge in [0.05, 0.1) is 6.04 Å². The Morgan fingerprint density at radius 2 is 1.67 bits per heavy atom. The first-order valence-corrected chi connectivity index (χ1v) is 7.98. The van der Waals surface area contributed by atoms with E-state index in [1.807, 2.05) is 0 Å². The van der Waals surface area contributed by atoms with Crippen molar-refractivity contribution in [2.45, 2.75) is 40.2 Å². The molecule has 0 bridgehead atoms. The van der Waals surface area contributed by atoms with Gasteiger partial charge in [-0.3, -0.25) is 0 Å². The number of nitrogens with one attached hydrogen (secondary N) is 1. The van der Waals surface area contributed by atoms with Crippen molar-refractivity contribution in [2.24, 2.45) is 0 Å². The minimum Gasteiger partial charge on any atom is -0.306 e. The molecule has 1 unspecified atom stereocenters. The molecule has 2 aromatic carbocycles. The Morgan fingerprint density at radius 3 is 2.33 bits per heavy atom. The second-order valence-corrected chi connectivity index (χ2v) is 6.11. The van der Waals surface area contributed by atoms with Crippen LogP contribution in [-0.2, 0) is 0 Å². The largest absolute Gasteiger partial charge is 0.306 e. The van der Waals surface area contributed by atoms with Crippen LogP contribution in [-0.4, -0.2) is 6.54 Å². The predicted octanol–water partition coefficient (Wildman–Crippen LogP) is 5.35. The second-order valence-electron chi connectivity index (χ2n) is 5.70. The number of halogens is 1. The molecular weight excluding hydrogens is 278 g/mol. The van der Waals surface area contributed by atoms with Gasteiger partial charge in [-0.15, -0.1) is 0 Å². The van der Waals surface area contributed by atoms with Gasteiger partial charge in [-0.1, -0.05) is 48.9 Å². The zero-order valence-corrected chi connectivity index (χ0v) is 14.1. The summed E-state index contributed by atoms with van der Waals surface area (Å²) in [7, 11) is 0. The maximum atomic E-state index is 6.25. The molecule has 0 aliphatic heterocycles. The Hall–Kier alpha value is -1.31. The Bertz CT molecular complexity index is 619. The lowest BCUT2D eigenvalue weighted by molar-refractivity contribution is 0.594. The fourth-order valence-corrected chi connectivity index (χ4v) is 2.92. The van der Waals surface area contributed by atoms with Crippen molar-refractivity contribution in [2.75, 3.05) is 6.54 Å². The average molecular weight is 302 g/mol. The van der Waals surface area contributed by atoms with Gasteiger partial charge in [0, 0.05) is 5.02 Å². The van der Waals surface area contributed by atoms with Crippen molar-refractivity contribution < 1.29 is 0 Å². The summed E-state index contributed by atoms with van der Waals surface area (Å²) < 4.78 is 0. The number of hydrogen-bond acceptors (Lipinski definition) is 1. The third-order valence-corrected chi connectivity index (χ3v) is 4.36. The van der Waals surface area contributed by atoms with Crippen LogP contribution in [0.25, 0.3) is 0 Å². The molecule has 1 nitrogen and oxygen atoms in total. The quantitative estimate of drug-likeness (QED) is 0.784. The van der Waals surface area contributed by atoms with Gasteiger partial charge >= 0.3 is 0 Å². The summed E-state index contributed by atoms with van der Waals surface area (Å²) in [4.78, 5) is 0. The molecule has 0 amide bonds. The lowest BCUT2D eigenvalue weighted by atomic mass is 9.91. The van der Waals surface area contributed by atoms with E-state index < -0.39 is 0 Å². The summed E-state index contributed by atoms with van der Waals surface area (Å²) in [5.74, 6) is 0. The molecule has 1 atom stereocenters. The number of benzene rings is 2. The highest BCUT2D eigenvalue weighted by atomic mass is 35.5. The molecule has 0 heterocycles. The number of hydrogen-bond donors (Lipinski definition) is 1. The minimum atomic E-state index is 0.224. The molecule has 0 aliphatic rings. The van der Waals surface area contributed by atoms with Gasteiger partial charge in [0.2, 0.25) is 0 Å². The molecule has 0 spiro atoms. The predicted molar refractivity (Wildman–Crippen MR) is 92.2 cm³/mol. The Morgan fingerprint density at radius 1 is 0.952 bits per heavy atom. The van der Waals surface area contributed by atoms with Gasteiger partial charge in [-0.05, 0) is 67.6 Å². The van der Waals surface area contributed by atoms with Crippen LogP contribution in [0.5, 0.6) is 0 Å². The highest BCUT2D eigenvalue weighted by Gasteiger charge is 2.18. The van der Waals surface area contributed by atoms with E-state index in [4.69, 9.17) is 11.6 Å². The summed E-state index contributed by atoms with van der Waals surface area (Å²) in [5, 5.41) is 4.53. The van der Waals surface area contributed by atoms with Crippen molar-refractivity contribution in [3.05, 3.63) is 69.2 Å². The minimum absolute atomic E-state index is 0.224. The molecule has 1 N–H and O–H groups in total. The van der Waals surface area contributed by atoms with E-state index in [1.54, 1.807) is 0 Å². The van der Waals surface area contributed by atoms with Crippen molar-refractivity contribution in [1.82, 2.24) is 5.32 Å². The Labute approximate surface area is 133 Å². The molecule has 2 heteroatoms. The first-order chi connectivity index (χ1) is 10.0. The monoisotopic (exact) mass is 301 g/mol. The van der Waals surface area contributed by atoms with Crippen molar-refractivity contribution in [1.29, 1.82) is 0 Å². The normalized spacial score (nSPS) is 12.4. The van der Waals surface area contributed by atoms with E-state index in [1.165, 1.54) is 22.3 Å². The molecule has 2 rings (SSSR count). The van der Waals surface area contributed by atoms with Crippen LogP contribution in [0.15, 0.2) is 36.4 Å². The van der Waals surface area contributed by atoms with E-state index in [0.717, 1.165) is 23.6 Å². The fraction of sp³-hybridized carbons (Fsp3) is 0.368. The standard InChI is InChI=1S/C19H24ClN/c1-5-10-21-19(16-9-7-6-8-13(16)2)17-11-15(4)18(20)12-14(17)3/h6-9,11-12,19,21H,5,10H2,1-4H3. The second kappa shape index (κ2) is 7.11. The summed E-state index contributed by atoms with van der Waals surface area (Å²) in [6.45, 7) is 9.58. The van der Waals surface area contributed by atoms with E-state index in [9.17, 15) is 0 Å². The van der Waals surface area contributed by atoms with E-state index in [2.05, 4.69) is 69.4 Å². The van der Waals surface area contributed by atoms with E-state index >= 15 is 0 Å². The highest BCUT2D eigenvalue weighted by molar-refractivity contribution is 6.31. The Kier molecular flexibility index (Phi) is 5.44. The van der Waals surface area contributed by atoms with Gasteiger partial charge in [0.1, 0.15) is 0 Å². The van der Waals surface area contributed by atoms with Crippen molar-refractivity contribution >= 4 is 11.6 Å². The molecule has 0 aromatic heterocycles. The third-order valence-electron chi connectivity index (χ3n) is 3.96. The number of aryl methyl sites for hydroxylation is 3. The van der Waals surface area contributed by atoms with Crippen LogP contribution >= 0.6 is 11.6 Å². The van der Waals surface area contributed by atoms with E-state index in [-0.39, 0.29) is 6.04 Å². The van der Waals surface area contributed by atoms with Crippen LogP contribution in [0.4, 0.5) is 0 Å². The third kappa shape index (κ3) is 3.66. The molecule has 0 aliphatic carbocycles. The van der Waals surface area contributed by atoms with Crippen LogP contribution < -0.4 is 5.32 Å². The molecule has 0 saturated heterocycles. The van der Waals surface area contributed by atoms with Gasteiger partial charge in [-0.25, -0.2) is 0 Å². The first-order valence-electron chi connectivity index (χ1n) is 7.60. The van der Waals surface area contributed by atoms with Gasteiger partial charge in [0.25, 0.3) is 0 Å². The molecule has 2 aromatic rings. The SMILES string of the molecule is CCCNC(c1ccccc1C)c1cc(C)c(Cl)cc1C. The zero-order chi connectivity index (χ0) is 15.4. The molecule has 0 saturated carbocycles. The molecule has 0 fully saturated rings.